The summed E-state index contributed by atoms with van der Waals surface area (Å²) >= 11 is 0. The van der Waals surface area contributed by atoms with Gasteiger partial charge in [0.2, 0.25) is 0 Å². The lowest BCUT2D eigenvalue weighted by molar-refractivity contribution is 0.205. The monoisotopic (exact) mass is 284 g/mol. The van der Waals surface area contributed by atoms with Crippen molar-refractivity contribution in [3.63, 3.8) is 0 Å². The van der Waals surface area contributed by atoms with E-state index in [1.54, 1.807) is 0 Å². The number of aliphatic imine (C=N–C) groups is 1. The van der Waals surface area contributed by atoms with Gasteiger partial charge in [-0.05, 0) is 18.9 Å². The maximum absolute atomic E-state index is 13.6. The second-order valence-electron chi connectivity index (χ2n) is 3.69. The number of rotatable bonds is 4. The van der Waals surface area contributed by atoms with E-state index in [2.05, 4.69) is 22.1 Å². The maximum atomic E-state index is 13.6. The van der Waals surface area contributed by atoms with Gasteiger partial charge in [0.15, 0.2) is 5.84 Å². The first kappa shape index (κ1) is 15.7. The van der Waals surface area contributed by atoms with Crippen LogP contribution in [0.3, 0.4) is 0 Å². The molecule has 0 atom stereocenters. The summed E-state index contributed by atoms with van der Waals surface area (Å²) in [7, 11) is 1.32. The van der Waals surface area contributed by atoms with Crippen LogP contribution in [0, 0.1) is 11.6 Å². The van der Waals surface area contributed by atoms with Crippen LogP contribution in [0.5, 0.6) is 0 Å². The lowest BCUT2D eigenvalue weighted by Crippen LogP contribution is -2.36. The summed E-state index contributed by atoms with van der Waals surface area (Å²) in [5, 5.41) is 15.6. The molecule has 6 nitrogen and oxygen atoms in total. The number of nitrogens with one attached hydrogen (secondary N) is 1. The van der Waals surface area contributed by atoms with E-state index in [0.29, 0.717) is 6.07 Å². The molecule has 8 heteroatoms. The van der Waals surface area contributed by atoms with Gasteiger partial charge in [-0.25, -0.2) is 23.6 Å². The van der Waals surface area contributed by atoms with E-state index >= 15 is 0 Å². The van der Waals surface area contributed by atoms with Gasteiger partial charge in [-0.2, -0.15) is 0 Å². The lowest BCUT2D eigenvalue weighted by Gasteiger charge is -2.13. The number of amides is 2. The van der Waals surface area contributed by atoms with Gasteiger partial charge >= 0.3 is 6.03 Å². The van der Waals surface area contributed by atoms with Crippen molar-refractivity contribution in [1.29, 1.82) is 0 Å². The zero-order valence-electron chi connectivity index (χ0n) is 10.8. The molecule has 1 aromatic carbocycles. The predicted octanol–water partition coefficient (Wildman–Crippen LogP) is 0.961. The minimum Gasteiger partial charge on any atom is -0.395 e. The zero-order valence-corrected chi connectivity index (χ0v) is 10.8. The van der Waals surface area contributed by atoms with Crippen LogP contribution in [0.25, 0.3) is 0 Å². The Morgan fingerprint density at radius 2 is 2.20 bits per heavy atom. The van der Waals surface area contributed by atoms with Crippen LogP contribution in [0.15, 0.2) is 28.3 Å². The number of hydrogen-bond donors (Lipinski definition) is 2. The van der Waals surface area contributed by atoms with Gasteiger partial charge in [0, 0.05) is 19.7 Å². The summed E-state index contributed by atoms with van der Waals surface area (Å²) in [5.41, 5.74) is -0.0804. The number of carbonyl (C=O) groups excluding carboxylic acids is 1. The Balaban J connectivity index is 2.97. The normalized spacial score (nSPS) is 11.1. The first-order valence-corrected chi connectivity index (χ1v) is 5.62. The van der Waals surface area contributed by atoms with Crippen LogP contribution in [-0.4, -0.2) is 48.9 Å². The van der Waals surface area contributed by atoms with E-state index in [1.807, 2.05) is 0 Å². The number of aliphatic hydroxyl groups excluding tert-OH is 1. The highest BCUT2D eigenvalue weighted by Crippen LogP contribution is 2.12. The van der Waals surface area contributed by atoms with E-state index in [1.165, 1.54) is 7.05 Å². The lowest BCUT2D eigenvalue weighted by atomic mass is 10.2. The standard InChI is InChI=1S/C12H14F2N4O2/c1-15-11(9-4-3-8(13)7-10(9)14)17-18(2)12(20)16-5-6-19/h3-4,7,19H,1,5-6H2,2H3,(H,16,20). The van der Waals surface area contributed by atoms with Crippen LogP contribution >= 0.6 is 0 Å². The molecule has 0 spiro atoms. The Labute approximate surface area is 114 Å². The molecule has 0 aliphatic heterocycles. The molecular formula is C12H14F2N4O2. The van der Waals surface area contributed by atoms with Crippen molar-refractivity contribution in [2.45, 2.75) is 0 Å². The van der Waals surface area contributed by atoms with Crippen molar-refractivity contribution in [3.8, 4) is 0 Å². The van der Waals surface area contributed by atoms with E-state index in [9.17, 15) is 13.6 Å². The Bertz CT molecular complexity index is 534. The molecule has 0 saturated carbocycles. The van der Waals surface area contributed by atoms with E-state index in [-0.39, 0.29) is 24.6 Å². The number of urea groups is 1. The van der Waals surface area contributed by atoms with Crippen LogP contribution in [-0.2, 0) is 0 Å². The molecule has 108 valence electrons. The number of hydrogen-bond acceptors (Lipinski definition) is 3. The van der Waals surface area contributed by atoms with Crippen LogP contribution in [0.2, 0.25) is 0 Å². The Morgan fingerprint density at radius 3 is 2.75 bits per heavy atom. The van der Waals surface area contributed by atoms with Crippen molar-refractivity contribution < 1.29 is 18.7 Å². The summed E-state index contributed by atoms with van der Waals surface area (Å²) in [6.45, 7) is 3.07. The third kappa shape index (κ3) is 4.09. The molecule has 0 aliphatic rings. The summed E-state index contributed by atoms with van der Waals surface area (Å²) in [6.07, 6.45) is 0. The molecule has 0 saturated heterocycles. The highest BCUT2D eigenvalue weighted by Gasteiger charge is 2.13. The molecule has 0 aromatic heterocycles. The Kier molecular flexibility index (Phi) is 5.73. The van der Waals surface area contributed by atoms with Gasteiger partial charge in [0.05, 0.1) is 12.2 Å². The third-order valence-electron chi connectivity index (χ3n) is 2.25. The summed E-state index contributed by atoms with van der Waals surface area (Å²) in [5.74, 6) is -1.76. The number of hydrazone groups is 1. The molecule has 2 N–H and O–H groups in total. The molecular weight excluding hydrogens is 270 g/mol. The zero-order chi connectivity index (χ0) is 15.1. The molecule has 0 heterocycles. The average Bonchev–Trinajstić information content (AvgIpc) is 2.42. The molecule has 20 heavy (non-hydrogen) atoms. The first-order valence-electron chi connectivity index (χ1n) is 5.62. The van der Waals surface area contributed by atoms with Crippen molar-refractivity contribution in [3.05, 3.63) is 35.4 Å². The van der Waals surface area contributed by atoms with Gasteiger partial charge in [0.1, 0.15) is 11.6 Å². The molecule has 0 bridgehead atoms. The third-order valence-corrected chi connectivity index (χ3v) is 2.25. The quantitative estimate of drug-likeness (QED) is 0.491. The fourth-order valence-corrected chi connectivity index (χ4v) is 1.31. The van der Waals surface area contributed by atoms with Gasteiger partial charge in [-0.15, -0.1) is 5.10 Å². The first-order chi connectivity index (χ1) is 9.49. The second kappa shape index (κ2) is 7.29. The fourth-order valence-electron chi connectivity index (χ4n) is 1.31. The Hall–Kier alpha value is -2.35. The van der Waals surface area contributed by atoms with Gasteiger partial charge in [-0.3, -0.25) is 0 Å². The average molecular weight is 284 g/mol. The SMILES string of the molecule is C=NC(=NN(C)C(=O)NCCO)c1ccc(F)cc1F. The molecule has 1 rings (SSSR count). The number of aliphatic hydroxyl groups is 1. The largest absolute Gasteiger partial charge is 0.395 e. The van der Waals surface area contributed by atoms with Crippen molar-refractivity contribution >= 4 is 18.6 Å². The molecule has 0 fully saturated rings. The molecule has 1 aromatic rings. The highest BCUT2D eigenvalue weighted by molar-refractivity contribution is 6.01. The van der Waals surface area contributed by atoms with Crippen LogP contribution < -0.4 is 5.32 Å². The van der Waals surface area contributed by atoms with E-state index in [4.69, 9.17) is 5.11 Å². The highest BCUT2D eigenvalue weighted by atomic mass is 19.1. The van der Waals surface area contributed by atoms with Crippen molar-refractivity contribution in [2.75, 3.05) is 20.2 Å². The molecule has 0 aliphatic carbocycles. The molecule has 2 amide bonds. The van der Waals surface area contributed by atoms with E-state index in [0.717, 1.165) is 17.1 Å². The fraction of sp³-hybridized carbons (Fsp3) is 0.250. The topological polar surface area (TPSA) is 77.3 Å². The smallest absolute Gasteiger partial charge is 0.337 e. The number of amidine groups is 1. The maximum Gasteiger partial charge on any atom is 0.337 e. The predicted molar refractivity (Wildman–Crippen MR) is 70.7 cm³/mol. The molecule has 0 radical (unpaired) electrons. The second-order valence-corrected chi connectivity index (χ2v) is 3.69. The molecule has 0 unspecified atom stereocenters. The van der Waals surface area contributed by atoms with Crippen molar-refractivity contribution in [2.24, 2.45) is 10.1 Å². The summed E-state index contributed by atoms with van der Waals surface area (Å²) in [4.78, 5) is 15.0. The van der Waals surface area contributed by atoms with E-state index < -0.39 is 17.7 Å². The number of benzene rings is 1. The van der Waals surface area contributed by atoms with Crippen LogP contribution in [0.1, 0.15) is 5.56 Å². The number of halogens is 2. The minimum absolute atomic E-state index is 0.0560. The van der Waals surface area contributed by atoms with Crippen LogP contribution in [0.4, 0.5) is 13.6 Å². The van der Waals surface area contributed by atoms with Crippen molar-refractivity contribution in [1.82, 2.24) is 10.3 Å². The number of carbonyl (C=O) groups is 1. The number of nitrogens with zero attached hydrogens (tertiary/aromatic N) is 3. The Morgan fingerprint density at radius 1 is 1.50 bits per heavy atom. The van der Waals surface area contributed by atoms with Gasteiger partial charge in [-0.1, -0.05) is 0 Å². The van der Waals surface area contributed by atoms with Gasteiger partial charge in [0.25, 0.3) is 0 Å². The summed E-state index contributed by atoms with van der Waals surface area (Å²) in [6, 6.07) is 2.27. The van der Waals surface area contributed by atoms with Gasteiger partial charge < -0.3 is 10.4 Å². The summed E-state index contributed by atoms with van der Waals surface area (Å²) < 4.78 is 26.4. The minimum atomic E-state index is -0.861.